The second-order valence-electron chi connectivity index (χ2n) is 5.58. The van der Waals surface area contributed by atoms with Gasteiger partial charge in [-0.1, -0.05) is 6.92 Å². The molecule has 1 saturated heterocycles. The van der Waals surface area contributed by atoms with Crippen molar-refractivity contribution in [2.24, 2.45) is 11.1 Å². The van der Waals surface area contributed by atoms with Gasteiger partial charge in [-0.15, -0.1) is 11.3 Å². The highest BCUT2D eigenvalue weighted by atomic mass is 32.2. The van der Waals surface area contributed by atoms with E-state index in [4.69, 9.17) is 5.14 Å². The van der Waals surface area contributed by atoms with Crippen molar-refractivity contribution in [2.45, 2.75) is 43.9 Å². The van der Waals surface area contributed by atoms with E-state index in [9.17, 15) is 13.2 Å². The predicted octanol–water partition coefficient (Wildman–Crippen LogP) is 1.96. The van der Waals surface area contributed by atoms with Crippen LogP contribution in [0.4, 0.5) is 0 Å². The van der Waals surface area contributed by atoms with Crippen LogP contribution in [-0.4, -0.2) is 31.8 Å². The number of likely N-dealkylation sites (tertiary alicyclic amines) is 1. The summed E-state index contributed by atoms with van der Waals surface area (Å²) in [6.07, 6.45) is 1.97. The van der Waals surface area contributed by atoms with Crippen LogP contribution in [0, 0.1) is 12.8 Å². The number of hydrogen-bond acceptors (Lipinski definition) is 4. The largest absolute Gasteiger partial charge is 0.336 e. The number of thiophene rings is 1. The molecule has 5 nitrogen and oxygen atoms in total. The van der Waals surface area contributed by atoms with Crippen LogP contribution in [0.3, 0.4) is 0 Å². The van der Waals surface area contributed by atoms with Gasteiger partial charge in [0.25, 0.3) is 5.91 Å². The minimum Gasteiger partial charge on any atom is -0.336 e. The zero-order valence-electron chi connectivity index (χ0n) is 11.9. The summed E-state index contributed by atoms with van der Waals surface area (Å²) >= 11 is 1.02. The Bertz CT molecular complexity index is 622. The lowest BCUT2D eigenvalue weighted by Gasteiger charge is -2.36. The van der Waals surface area contributed by atoms with Gasteiger partial charge in [0, 0.05) is 18.0 Å². The van der Waals surface area contributed by atoms with Crippen LogP contribution in [0.15, 0.2) is 9.59 Å². The molecule has 0 saturated carbocycles. The molecule has 0 aromatic carbocycles. The van der Waals surface area contributed by atoms with Crippen molar-refractivity contribution in [3.8, 4) is 0 Å². The van der Waals surface area contributed by atoms with E-state index >= 15 is 0 Å². The van der Waals surface area contributed by atoms with Crippen LogP contribution in [0.1, 0.15) is 42.6 Å². The Kier molecular flexibility index (Phi) is 4.22. The summed E-state index contributed by atoms with van der Waals surface area (Å²) in [5.74, 6) is 0.533. The average Bonchev–Trinajstić information content (AvgIpc) is 2.70. The maximum absolute atomic E-state index is 12.6. The van der Waals surface area contributed by atoms with Crippen molar-refractivity contribution in [1.82, 2.24) is 4.90 Å². The lowest BCUT2D eigenvalue weighted by molar-refractivity contribution is 0.0588. The molecule has 2 unspecified atom stereocenters. The van der Waals surface area contributed by atoms with E-state index < -0.39 is 10.0 Å². The molecule has 0 aliphatic carbocycles. The Balaban J connectivity index is 2.29. The van der Waals surface area contributed by atoms with E-state index in [1.165, 1.54) is 0 Å². The highest BCUT2D eigenvalue weighted by molar-refractivity contribution is 7.91. The van der Waals surface area contributed by atoms with Crippen molar-refractivity contribution >= 4 is 27.3 Å². The van der Waals surface area contributed by atoms with Gasteiger partial charge in [-0.3, -0.25) is 4.79 Å². The van der Waals surface area contributed by atoms with Crippen LogP contribution < -0.4 is 5.14 Å². The maximum atomic E-state index is 12.6. The van der Waals surface area contributed by atoms with Crippen molar-refractivity contribution in [1.29, 1.82) is 0 Å². The van der Waals surface area contributed by atoms with E-state index in [1.54, 1.807) is 12.3 Å². The van der Waals surface area contributed by atoms with Crippen molar-refractivity contribution < 1.29 is 13.2 Å². The van der Waals surface area contributed by atoms with Crippen LogP contribution >= 0.6 is 11.3 Å². The first-order chi connectivity index (χ1) is 9.21. The second-order valence-corrected chi connectivity index (χ2v) is 8.22. The lowest BCUT2D eigenvalue weighted by Crippen LogP contribution is -2.44. The van der Waals surface area contributed by atoms with Gasteiger partial charge in [0.05, 0.1) is 5.56 Å². The SMILES string of the molecule is Cc1c(C(=O)N2CCC(C)CC2C)csc1S(N)(=O)=O. The number of piperidine rings is 1. The first-order valence-corrected chi connectivity index (χ1v) is 9.06. The fourth-order valence-corrected chi connectivity index (χ4v) is 4.76. The highest BCUT2D eigenvalue weighted by Crippen LogP contribution is 2.29. The monoisotopic (exact) mass is 316 g/mol. The molecule has 1 aliphatic rings. The third-order valence-electron chi connectivity index (χ3n) is 3.88. The summed E-state index contributed by atoms with van der Waals surface area (Å²) in [5.41, 5.74) is 0.925. The molecular weight excluding hydrogens is 296 g/mol. The van der Waals surface area contributed by atoms with E-state index in [1.807, 2.05) is 11.8 Å². The van der Waals surface area contributed by atoms with Gasteiger partial charge in [0.2, 0.25) is 10.0 Å². The maximum Gasteiger partial charge on any atom is 0.255 e. The number of carbonyl (C=O) groups excluding carboxylic acids is 1. The minimum atomic E-state index is -3.75. The van der Waals surface area contributed by atoms with E-state index in [-0.39, 0.29) is 16.2 Å². The number of nitrogens with zero attached hydrogens (tertiary/aromatic N) is 1. The zero-order chi connectivity index (χ0) is 15.1. The third-order valence-corrected chi connectivity index (χ3v) is 6.56. The quantitative estimate of drug-likeness (QED) is 0.905. The molecule has 2 N–H and O–H groups in total. The fraction of sp³-hybridized carbons (Fsp3) is 0.615. The molecule has 20 heavy (non-hydrogen) atoms. The number of sulfonamides is 1. The van der Waals surface area contributed by atoms with E-state index in [0.29, 0.717) is 17.0 Å². The van der Waals surface area contributed by atoms with Crippen molar-refractivity contribution in [3.63, 3.8) is 0 Å². The fourth-order valence-electron chi connectivity index (χ4n) is 2.75. The molecule has 0 bridgehead atoms. The predicted molar refractivity (Wildman–Crippen MR) is 79.3 cm³/mol. The number of nitrogens with two attached hydrogens (primary N) is 1. The van der Waals surface area contributed by atoms with Crippen molar-refractivity contribution in [3.05, 3.63) is 16.5 Å². The van der Waals surface area contributed by atoms with Crippen LogP contribution in [0.2, 0.25) is 0 Å². The Hall–Kier alpha value is -0.920. The highest BCUT2D eigenvalue weighted by Gasteiger charge is 2.30. The molecular formula is C13H20N2O3S2. The molecule has 2 rings (SSSR count). The van der Waals surface area contributed by atoms with Gasteiger partial charge in [-0.25, -0.2) is 13.6 Å². The molecule has 1 fully saturated rings. The normalized spacial score (nSPS) is 23.9. The van der Waals surface area contributed by atoms with Gasteiger partial charge < -0.3 is 4.90 Å². The minimum absolute atomic E-state index is 0.0823. The summed E-state index contributed by atoms with van der Waals surface area (Å²) in [6, 6.07) is 0.184. The molecule has 7 heteroatoms. The van der Waals surface area contributed by atoms with Crippen LogP contribution in [0.25, 0.3) is 0 Å². The third kappa shape index (κ3) is 2.89. The summed E-state index contributed by atoms with van der Waals surface area (Å²) in [7, 11) is -3.75. The smallest absolute Gasteiger partial charge is 0.255 e. The number of hydrogen-bond donors (Lipinski definition) is 1. The molecule has 1 aliphatic heterocycles. The molecule has 112 valence electrons. The summed E-state index contributed by atoms with van der Waals surface area (Å²) in [5, 5.41) is 6.75. The van der Waals surface area contributed by atoms with Crippen LogP contribution in [0.5, 0.6) is 0 Å². The van der Waals surface area contributed by atoms with Gasteiger partial charge >= 0.3 is 0 Å². The summed E-state index contributed by atoms with van der Waals surface area (Å²) in [4.78, 5) is 14.4. The van der Waals surface area contributed by atoms with Gasteiger partial charge in [-0.05, 0) is 38.2 Å². The van der Waals surface area contributed by atoms with Gasteiger partial charge in [-0.2, -0.15) is 0 Å². The summed E-state index contributed by atoms with van der Waals surface area (Å²) < 4.78 is 23.0. The summed E-state index contributed by atoms with van der Waals surface area (Å²) in [6.45, 7) is 6.59. The van der Waals surface area contributed by atoms with Crippen LogP contribution in [-0.2, 0) is 10.0 Å². The van der Waals surface area contributed by atoms with E-state index in [2.05, 4.69) is 6.92 Å². The van der Waals surface area contributed by atoms with Gasteiger partial charge in [0.1, 0.15) is 4.21 Å². The second kappa shape index (κ2) is 5.46. The molecule has 1 aromatic heterocycles. The molecule has 1 aromatic rings. The Morgan fingerprint density at radius 1 is 1.45 bits per heavy atom. The number of carbonyl (C=O) groups is 1. The lowest BCUT2D eigenvalue weighted by atomic mass is 9.93. The Morgan fingerprint density at radius 3 is 2.60 bits per heavy atom. The molecule has 2 atom stereocenters. The first kappa shape index (κ1) is 15.5. The topological polar surface area (TPSA) is 80.5 Å². The Labute approximate surface area is 123 Å². The van der Waals surface area contributed by atoms with Gasteiger partial charge in [0.15, 0.2) is 0 Å². The average molecular weight is 316 g/mol. The van der Waals surface area contributed by atoms with Crippen molar-refractivity contribution in [2.75, 3.05) is 6.54 Å². The number of rotatable bonds is 2. The Morgan fingerprint density at radius 2 is 2.10 bits per heavy atom. The number of primary sulfonamides is 1. The van der Waals surface area contributed by atoms with E-state index in [0.717, 1.165) is 30.7 Å². The molecule has 0 radical (unpaired) electrons. The molecule has 0 spiro atoms. The standard InChI is InChI=1S/C13H20N2O3S2/c1-8-4-5-15(9(2)6-8)12(16)11-7-19-13(10(11)3)20(14,17)18/h7-9H,4-6H2,1-3H3,(H2,14,17,18). The molecule has 1 amide bonds. The number of amides is 1. The molecule has 2 heterocycles. The zero-order valence-corrected chi connectivity index (χ0v) is 13.6. The first-order valence-electron chi connectivity index (χ1n) is 6.63.